The van der Waals surface area contributed by atoms with Crippen molar-refractivity contribution < 1.29 is 4.79 Å². The van der Waals surface area contributed by atoms with Crippen molar-refractivity contribution in [2.24, 2.45) is 0 Å². The van der Waals surface area contributed by atoms with E-state index in [9.17, 15) is 4.79 Å². The normalized spacial score (nSPS) is 15.6. The molecular weight excluding hydrogens is 280 g/mol. The number of aromatic nitrogens is 3. The Labute approximate surface area is 129 Å². The number of anilines is 2. The van der Waals surface area contributed by atoms with Gasteiger partial charge in [0.05, 0.1) is 5.56 Å². The molecule has 114 valence electrons. The summed E-state index contributed by atoms with van der Waals surface area (Å²) in [6, 6.07) is 5.25. The Balaban J connectivity index is 1.70. The number of hydrogen-bond acceptors (Lipinski definition) is 6. The summed E-state index contributed by atoms with van der Waals surface area (Å²) in [6.07, 6.45) is 4.64. The molecule has 1 aliphatic rings. The second kappa shape index (κ2) is 6.48. The van der Waals surface area contributed by atoms with E-state index in [1.165, 1.54) is 12.5 Å². The Morgan fingerprint density at radius 1 is 1.23 bits per heavy atom. The van der Waals surface area contributed by atoms with Crippen molar-refractivity contribution in [3.8, 4) is 0 Å². The monoisotopic (exact) mass is 298 g/mol. The lowest BCUT2D eigenvalue weighted by Gasteiger charge is -2.33. The molecule has 1 N–H and O–H groups in total. The van der Waals surface area contributed by atoms with Crippen LogP contribution in [0.5, 0.6) is 0 Å². The summed E-state index contributed by atoms with van der Waals surface area (Å²) < 4.78 is 0. The molecule has 2 aromatic rings. The van der Waals surface area contributed by atoms with Crippen LogP contribution in [0.25, 0.3) is 0 Å². The quantitative estimate of drug-likeness (QED) is 0.906. The van der Waals surface area contributed by atoms with Crippen LogP contribution in [0.1, 0.15) is 10.4 Å². The van der Waals surface area contributed by atoms with Crippen molar-refractivity contribution in [3.63, 3.8) is 0 Å². The van der Waals surface area contributed by atoms with Crippen molar-refractivity contribution >= 4 is 17.5 Å². The van der Waals surface area contributed by atoms with Crippen LogP contribution in [0.15, 0.2) is 36.9 Å². The number of hydrogen-bond donors (Lipinski definition) is 1. The molecule has 0 bridgehead atoms. The maximum Gasteiger partial charge on any atom is 0.258 e. The van der Waals surface area contributed by atoms with Gasteiger partial charge in [-0.1, -0.05) is 0 Å². The minimum Gasteiger partial charge on any atom is -0.354 e. The fourth-order valence-corrected chi connectivity index (χ4v) is 2.31. The molecule has 1 saturated heterocycles. The third-order valence-corrected chi connectivity index (χ3v) is 3.65. The molecule has 3 rings (SSSR count). The van der Waals surface area contributed by atoms with E-state index in [0.29, 0.717) is 11.4 Å². The highest BCUT2D eigenvalue weighted by Gasteiger charge is 2.16. The SMILES string of the molecule is CN1CCN(c2cc(NC(=O)c3cccnc3)ncn2)CC1. The highest BCUT2D eigenvalue weighted by atomic mass is 16.1. The Bertz CT molecular complexity index is 639. The van der Waals surface area contributed by atoms with Gasteiger partial charge in [-0.15, -0.1) is 0 Å². The molecule has 0 unspecified atom stereocenters. The third-order valence-electron chi connectivity index (χ3n) is 3.65. The lowest BCUT2D eigenvalue weighted by atomic mass is 10.2. The van der Waals surface area contributed by atoms with Crippen LogP contribution in [0.2, 0.25) is 0 Å². The van der Waals surface area contributed by atoms with Gasteiger partial charge in [0.1, 0.15) is 18.0 Å². The predicted molar refractivity (Wildman–Crippen MR) is 83.9 cm³/mol. The predicted octanol–water partition coefficient (Wildman–Crippen LogP) is 0.876. The second-order valence-electron chi connectivity index (χ2n) is 5.25. The Kier molecular flexibility index (Phi) is 4.24. The summed E-state index contributed by atoms with van der Waals surface area (Å²) in [4.78, 5) is 28.9. The van der Waals surface area contributed by atoms with Crippen LogP contribution >= 0.6 is 0 Å². The average Bonchev–Trinajstić information content (AvgIpc) is 2.56. The van der Waals surface area contributed by atoms with Crippen LogP contribution in [0.3, 0.4) is 0 Å². The number of amides is 1. The van der Waals surface area contributed by atoms with Gasteiger partial charge >= 0.3 is 0 Å². The number of pyridine rings is 1. The highest BCUT2D eigenvalue weighted by molar-refractivity contribution is 6.03. The summed E-state index contributed by atoms with van der Waals surface area (Å²) in [5.74, 6) is 1.11. The zero-order chi connectivity index (χ0) is 15.4. The first kappa shape index (κ1) is 14.4. The van der Waals surface area contributed by atoms with Gasteiger partial charge in [-0.05, 0) is 19.2 Å². The molecule has 22 heavy (non-hydrogen) atoms. The number of likely N-dealkylation sites (N-methyl/N-ethyl adjacent to an activating group) is 1. The highest BCUT2D eigenvalue weighted by Crippen LogP contribution is 2.16. The molecule has 2 aromatic heterocycles. The van der Waals surface area contributed by atoms with Crippen LogP contribution in [-0.2, 0) is 0 Å². The maximum absolute atomic E-state index is 12.1. The molecule has 0 aliphatic carbocycles. The van der Waals surface area contributed by atoms with Gasteiger partial charge in [-0.25, -0.2) is 9.97 Å². The van der Waals surface area contributed by atoms with E-state index < -0.39 is 0 Å². The molecule has 7 nitrogen and oxygen atoms in total. The van der Waals surface area contributed by atoms with E-state index >= 15 is 0 Å². The first-order valence-corrected chi connectivity index (χ1v) is 7.19. The largest absolute Gasteiger partial charge is 0.354 e. The Hall–Kier alpha value is -2.54. The summed E-state index contributed by atoms with van der Waals surface area (Å²) in [6.45, 7) is 3.84. The standard InChI is InChI=1S/C15H18N6O/c1-20-5-7-21(8-6-20)14-9-13(17-11-18-14)19-15(22)12-3-2-4-16-10-12/h2-4,9-11H,5-8H2,1H3,(H,17,18,19,22). The van der Waals surface area contributed by atoms with Crippen LogP contribution in [0, 0.1) is 0 Å². The summed E-state index contributed by atoms with van der Waals surface area (Å²) >= 11 is 0. The smallest absolute Gasteiger partial charge is 0.258 e. The van der Waals surface area contributed by atoms with Gasteiger partial charge in [0.15, 0.2) is 0 Å². The van der Waals surface area contributed by atoms with Crippen LogP contribution in [0.4, 0.5) is 11.6 Å². The van der Waals surface area contributed by atoms with E-state index in [0.717, 1.165) is 32.0 Å². The van der Waals surface area contributed by atoms with Crippen LogP contribution < -0.4 is 10.2 Å². The Morgan fingerprint density at radius 2 is 2.05 bits per heavy atom. The second-order valence-corrected chi connectivity index (χ2v) is 5.25. The van der Waals surface area contributed by atoms with Crippen molar-refractivity contribution in [3.05, 3.63) is 42.5 Å². The molecule has 3 heterocycles. The van der Waals surface area contributed by atoms with Crippen molar-refractivity contribution in [1.82, 2.24) is 19.9 Å². The molecule has 7 heteroatoms. The Morgan fingerprint density at radius 3 is 2.77 bits per heavy atom. The van der Waals surface area contributed by atoms with E-state index in [1.54, 1.807) is 24.4 Å². The first-order chi connectivity index (χ1) is 10.7. The summed E-state index contributed by atoms with van der Waals surface area (Å²) in [5.41, 5.74) is 0.502. The van der Waals surface area contributed by atoms with Crippen LogP contribution in [-0.4, -0.2) is 59.0 Å². The first-order valence-electron chi connectivity index (χ1n) is 7.19. The van der Waals surface area contributed by atoms with E-state index in [2.05, 4.69) is 37.1 Å². The molecule has 1 fully saturated rings. The van der Waals surface area contributed by atoms with Gasteiger partial charge in [-0.3, -0.25) is 9.78 Å². The average molecular weight is 298 g/mol. The molecule has 0 saturated carbocycles. The minimum absolute atomic E-state index is 0.226. The molecule has 0 aromatic carbocycles. The van der Waals surface area contributed by atoms with E-state index in [-0.39, 0.29) is 5.91 Å². The van der Waals surface area contributed by atoms with Crippen molar-refractivity contribution in [2.75, 3.05) is 43.4 Å². The number of nitrogens with zero attached hydrogens (tertiary/aromatic N) is 5. The van der Waals surface area contributed by atoms with Gasteiger partial charge < -0.3 is 15.1 Å². The lowest BCUT2D eigenvalue weighted by molar-refractivity contribution is 0.102. The van der Waals surface area contributed by atoms with Crippen molar-refractivity contribution in [2.45, 2.75) is 0 Å². The van der Waals surface area contributed by atoms with Gasteiger partial charge in [0.2, 0.25) is 0 Å². The molecule has 0 atom stereocenters. The van der Waals surface area contributed by atoms with Gasteiger partial charge in [0.25, 0.3) is 5.91 Å². The number of nitrogens with one attached hydrogen (secondary N) is 1. The zero-order valence-corrected chi connectivity index (χ0v) is 12.4. The van der Waals surface area contributed by atoms with Gasteiger partial charge in [0, 0.05) is 44.6 Å². The van der Waals surface area contributed by atoms with E-state index in [1.807, 2.05) is 0 Å². The van der Waals surface area contributed by atoms with Gasteiger partial charge in [-0.2, -0.15) is 0 Å². The summed E-state index contributed by atoms with van der Waals surface area (Å²) in [5, 5.41) is 2.78. The minimum atomic E-state index is -0.226. The maximum atomic E-state index is 12.1. The molecule has 1 amide bonds. The van der Waals surface area contributed by atoms with E-state index in [4.69, 9.17) is 0 Å². The molecule has 0 radical (unpaired) electrons. The summed E-state index contributed by atoms with van der Waals surface area (Å²) in [7, 11) is 2.11. The molecule has 1 aliphatic heterocycles. The number of carbonyl (C=O) groups is 1. The molecule has 0 spiro atoms. The zero-order valence-electron chi connectivity index (χ0n) is 12.4. The number of carbonyl (C=O) groups excluding carboxylic acids is 1. The fourth-order valence-electron chi connectivity index (χ4n) is 2.31. The number of rotatable bonds is 3. The fraction of sp³-hybridized carbons (Fsp3) is 0.333. The third kappa shape index (κ3) is 3.37. The van der Waals surface area contributed by atoms with Crippen molar-refractivity contribution in [1.29, 1.82) is 0 Å². The number of piperazine rings is 1. The topological polar surface area (TPSA) is 74.2 Å². The lowest BCUT2D eigenvalue weighted by Crippen LogP contribution is -2.44. The molecular formula is C15H18N6O.